The van der Waals surface area contributed by atoms with Gasteiger partial charge in [-0.05, 0) is 66.1 Å². The largest absolute Gasteiger partial charge is 0.345 e. The summed E-state index contributed by atoms with van der Waals surface area (Å²) in [5, 5.41) is 25.1. The number of tetrazole rings is 1. The number of ketones is 1. The summed E-state index contributed by atoms with van der Waals surface area (Å²) in [5.41, 5.74) is 3.11. The molecule has 4 aromatic rings. The SMILES string of the molecule is CCC(C)[C@@H]1NC(=O)C(Cc2cn(Cc3ccc(C(=O)Nc4nn[nH]n4)cc3)c3ccccc23)NC(=O)CNC(=O)[C@H]2CCCCN2C1=O.CCCCCCC(=O)CC. The van der Waals surface area contributed by atoms with E-state index in [1.165, 1.54) is 19.3 Å². The number of aromatic nitrogens is 5. The Labute approximate surface area is 345 Å². The molecule has 6 rings (SSSR count). The average Bonchev–Trinajstić information content (AvgIpc) is 3.90. The van der Waals surface area contributed by atoms with Crippen molar-refractivity contribution in [2.75, 3.05) is 18.4 Å². The van der Waals surface area contributed by atoms with Gasteiger partial charge in [-0.25, -0.2) is 0 Å². The third-order valence-corrected chi connectivity index (χ3v) is 11.1. The molecule has 59 heavy (non-hydrogen) atoms. The maximum atomic E-state index is 14.0. The number of aromatic amines is 1. The van der Waals surface area contributed by atoms with Gasteiger partial charge >= 0.3 is 0 Å². The first-order valence-corrected chi connectivity index (χ1v) is 20.9. The highest BCUT2D eigenvalue weighted by Gasteiger charge is 2.39. The van der Waals surface area contributed by atoms with Crippen molar-refractivity contribution in [3.05, 3.63) is 71.4 Å². The number of fused-ring (bicyclic) bond motifs is 2. The number of hydrogen-bond acceptors (Lipinski definition) is 9. The second-order valence-corrected chi connectivity index (χ2v) is 15.3. The molecule has 2 fully saturated rings. The zero-order valence-corrected chi connectivity index (χ0v) is 34.6. The summed E-state index contributed by atoms with van der Waals surface area (Å²) >= 11 is 0. The van der Waals surface area contributed by atoms with Gasteiger partial charge in [0.05, 0.1) is 6.54 Å². The molecule has 16 heteroatoms. The molecule has 4 atom stereocenters. The predicted octanol–water partition coefficient (Wildman–Crippen LogP) is 4.46. The van der Waals surface area contributed by atoms with Crippen molar-refractivity contribution in [2.45, 2.75) is 123 Å². The smallest absolute Gasteiger partial charge is 0.270 e. The monoisotopic (exact) mass is 810 g/mol. The molecule has 5 N–H and O–H groups in total. The van der Waals surface area contributed by atoms with Crippen LogP contribution in [0.3, 0.4) is 0 Å². The van der Waals surface area contributed by atoms with Crippen molar-refractivity contribution in [1.29, 1.82) is 0 Å². The Kier molecular flexibility index (Phi) is 16.3. The first kappa shape index (κ1) is 44.2. The summed E-state index contributed by atoms with van der Waals surface area (Å²) < 4.78 is 2.05. The van der Waals surface area contributed by atoms with Gasteiger partial charge in [-0.15, -0.1) is 5.10 Å². The van der Waals surface area contributed by atoms with E-state index in [0.29, 0.717) is 43.7 Å². The average molecular weight is 811 g/mol. The second kappa shape index (κ2) is 21.7. The molecule has 316 valence electrons. The van der Waals surface area contributed by atoms with Gasteiger partial charge in [0.1, 0.15) is 23.9 Å². The number of hydrogen-bond donors (Lipinski definition) is 5. The van der Waals surface area contributed by atoms with Gasteiger partial charge in [-0.3, -0.25) is 34.1 Å². The minimum atomic E-state index is -1.00. The number of para-hydroxylation sites is 1. The molecule has 4 heterocycles. The molecule has 2 saturated heterocycles. The second-order valence-electron chi connectivity index (χ2n) is 15.3. The topological polar surface area (TPSA) is 213 Å². The predicted molar refractivity (Wildman–Crippen MR) is 223 cm³/mol. The van der Waals surface area contributed by atoms with E-state index in [2.05, 4.69) is 53.4 Å². The maximum absolute atomic E-state index is 14.0. The Balaban J connectivity index is 0.000000586. The molecule has 0 saturated carbocycles. The molecule has 0 bridgehead atoms. The van der Waals surface area contributed by atoms with Gasteiger partial charge in [0, 0.05) is 55.0 Å². The standard InChI is InChI=1S/C34H40N10O5.C9H18O/c1-3-20(2)29-33(49)44-15-7-6-10-27(44)32(48)35-17-28(45)36-25(31(47)37-29)16-23-19-43(26-9-5-4-8-24(23)26)18-21-11-13-22(14-12-21)30(46)38-34-39-41-42-40-34;1-3-5-6-7-8-9(10)4-2/h4-5,8-9,11-14,19-20,25,27,29H,3,6-7,10,15-18H2,1-2H3,(H,35,48)(H,36,45)(H,37,47)(H2,38,39,40,41,42,46);3-8H2,1-2H3/t20?,25?,27-,29+;/m1./s1. The number of H-pyrrole nitrogens is 1. The maximum Gasteiger partial charge on any atom is 0.270 e. The number of nitrogens with one attached hydrogen (secondary N) is 5. The Morgan fingerprint density at radius 1 is 0.932 bits per heavy atom. The van der Waals surface area contributed by atoms with E-state index in [1.54, 1.807) is 17.0 Å². The number of nitrogens with zero attached hydrogens (tertiary/aromatic N) is 5. The van der Waals surface area contributed by atoms with Crippen LogP contribution in [0.1, 0.15) is 113 Å². The van der Waals surface area contributed by atoms with Crippen molar-refractivity contribution >= 4 is 52.2 Å². The Morgan fingerprint density at radius 2 is 1.71 bits per heavy atom. The highest BCUT2D eigenvalue weighted by atomic mass is 16.2. The van der Waals surface area contributed by atoms with Crippen molar-refractivity contribution in [2.24, 2.45) is 5.92 Å². The van der Waals surface area contributed by atoms with E-state index in [9.17, 15) is 28.8 Å². The number of carbonyl (C=O) groups is 6. The lowest BCUT2D eigenvalue weighted by atomic mass is 9.93. The van der Waals surface area contributed by atoms with Crippen LogP contribution in [-0.2, 0) is 36.9 Å². The number of rotatable bonds is 14. The molecule has 0 radical (unpaired) electrons. The number of benzene rings is 2. The minimum Gasteiger partial charge on any atom is -0.345 e. The first-order valence-electron chi connectivity index (χ1n) is 20.9. The molecule has 2 aromatic carbocycles. The van der Waals surface area contributed by atoms with Gasteiger partial charge in [0.15, 0.2) is 0 Å². The van der Waals surface area contributed by atoms with Crippen LogP contribution < -0.4 is 21.3 Å². The number of unbranched alkanes of at least 4 members (excludes halogenated alkanes) is 3. The third kappa shape index (κ3) is 12.1. The van der Waals surface area contributed by atoms with Crippen LogP contribution in [0.25, 0.3) is 10.9 Å². The molecule has 0 aliphatic carbocycles. The zero-order chi connectivity index (χ0) is 42.3. The number of amides is 5. The van der Waals surface area contributed by atoms with E-state index >= 15 is 0 Å². The molecule has 2 unspecified atom stereocenters. The molecular weight excluding hydrogens is 753 g/mol. The molecule has 5 amide bonds. The fraction of sp³-hybridized carbons (Fsp3) is 0.512. The van der Waals surface area contributed by atoms with Crippen molar-refractivity contribution < 1.29 is 28.8 Å². The van der Waals surface area contributed by atoms with E-state index in [0.717, 1.165) is 47.7 Å². The summed E-state index contributed by atoms with van der Waals surface area (Å²) in [5.74, 6) is -1.66. The zero-order valence-electron chi connectivity index (χ0n) is 34.6. The lowest BCUT2D eigenvalue weighted by molar-refractivity contribution is -0.147. The van der Waals surface area contributed by atoms with Gasteiger partial charge in [-0.2, -0.15) is 5.21 Å². The van der Waals surface area contributed by atoms with Crippen molar-refractivity contribution in [3.8, 4) is 0 Å². The summed E-state index contributed by atoms with van der Waals surface area (Å²) in [6, 6.07) is 12.4. The van der Waals surface area contributed by atoms with Gasteiger partial charge in [0.2, 0.25) is 23.6 Å². The molecular formula is C43H58N10O6. The van der Waals surface area contributed by atoms with Crippen LogP contribution in [-0.4, -0.2) is 96.6 Å². The fourth-order valence-electron chi connectivity index (χ4n) is 7.43. The van der Waals surface area contributed by atoms with E-state index < -0.39 is 29.9 Å². The highest BCUT2D eigenvalue weighted by molar-refractivity contribution is 6.03. The van der Waals surface area contributed by atoms with E-state index in [4.69, 9.17) is 0 Å². The molecule has 2 aliphatic heterocycles. The van der Waals surface area contributed by atoms with Crippen LogP contribution in [0.15, 0.2) is 54.7 Å². The highest BCUT2D eigenvalue weighted by Crippen LogP contribution is 2.25. The number of carbonyl (C=O) groups excluding carboxylic acids is 6. The normalized spacial score (nSPS) is 19.2. The summed E-state index contributed by atoms with van der Waals surface area (Å²) in [6.45, 7) is 8.56. The van der Waals surface area contributed by atoms with Crippen LogP contribution in [0.4, 0.5) is 5.95 Å². The Morgan fingerprint density at radius 3 is 2.42 bits per heavy atom. The molecule has 2 aliphatic rings. The minimum absolute atomic E-state index is 0.0780. The fourth-order valence-corrected chi connectivity index (χ4v) is 7.43. The Hall–Kier alpha value is -5.93. The van der Waals surface area contributed by atoms with Crippen LogP contribution >= 0.6 is 0 Å². The van der Waals surface area contributed by atoms with E-state index in [1.807, 2.05) is 63.4 Å². The Bertz CT molecular complexity index is 2050. The van der Waals surface area contributed by atoms with Crippen LogP contribution in [0.5, 0.6) is 0 Å². The van der Waals surface area contributed by atoms with Gasteiger partial charge < -0.3 is 25.4 Å². The van der Waals surface area contributed by atoms with Crippen LogP contribution in [0.2, 0.25) is 0 Å². The third-order valence-electron chi connectivity index (χ3n) is 11.1. The first-order chi connectivity index (χ1) is 28.5. The summed E-state index contributed by atoms with van der Waals surface area (Å²) in [6.07, 6.45) is 11.2. The van der Waals surface area contributed by atoms with Crippen molar-refractivity contribution in [1.82, 2.24) is 46.0 Å². The molecule has 2 aromatic heterocycles. The quantitative estimate of drug-likeness (QED) is 0.114. The van der Waals surface area contributed by atoms with Gasteiger partial charge in [0.25, 0.3) is 11.9 Å². The number of piperidine rings is 1. The summed E-state index contributed by atoms with van der Waals surface area (Å²) in [7, 11) is 0. The number of Topliss-reactive ketones (excluding diaryl/α,β-unsaturated/α-hetero) is 1. The van der Waals surface area contributed by atoms with Gasteiger partial charge in [-0.1, -0.05) is 88.8 Å². The lowest BCUT2D eigenvalue weighted by Gasteiger charge is -2.39. The summed E-state index contributed by atoms with van der Waals surface area (Å²) in [4.78, 5) is 79.1. The van der Waals surface area contributed by atoms with E-state index in [-0.39, 0.29) is 42.6 Å². The molecule has 16 nitrogen and oxygen atoms in total. The molecule has 0 spiro atoms. The number of anilines is 1. The van der Waals surface area contributed by atoms with Crippen molar-refractivity contribution in [3.63, 3.8) is 0 Å². The van der Waals surface area contributed by atoms with Crippen LogP contribution in [0, 0.1) is 5.92 Å². The lowest BCUT2D eigenvalue weighted by Crippen LogP contribution is -2.62.